The van der Waals surface area contributed by atoms with Gasteiger partial charge in [0, 0.05) is 48.0 Å². The van der Waals surface area contributed by atoms with E-state index in [1.807, 2.05) is 0 Å². The molecule has 20 nitrogen and oxygen atoms in total. The van der Waals surface area contributed by atoms with Gasteiger partial charge < -0.3 is 59.4 Å². The Labute approximate surface area is 444 Å². The number of halogens is 5. The number of hydrogen-bond donors (Lipinski definition) is 5. The van der Waals surface area contributed by atoms with Gasteiger partial charge in [-0.1, -0.05) is 20.8 Å². The van der Waals surface area contributed by atoms with Crippen molar-refractivity contribution >= 4 is 46.5 Å². The van der Waals surface area contributed by atoms with Gasteiger partial charge in [-0.2, -0.15) is 8.78 Å². The number of pyridine rings is 2. The van der Waals surface area contributed by atoms with Crippen molar-refractivity contribution in [2.24, 2.45) is 5.92 Å². The molecular weight excluding hydrogens is 1040 g/mol. The largest absolute Gasteiger partial charge is 0.458 e. The molecule has 1 aliphatic carbocycles. The zero-order valence-electron chi connectivity index (χ0n) is 43.6. The lowest BCUT2D eigenvalue weighted by Crippen LogP contribution is -2.54. The molecule has 0 saturated carbocycles. The summed E-state index contributed by atoms with van der Waals surface area (Å²) in [4.78, 5) is 96.1. The molecule has 0 saturated heterocycles. The fourth-order valence-electron chi connectivity index (χ4n) is 9.46. The molecule has 4 heterocycles. The Morgan fingerprint density at radius 1 is 0.795 bits per heavy atom. The number of amides is 4. The first kappa shape index (κ1) is 58.7. The second-order valence-corrected chi connectivity index (χ2v) is 19.3. The van der Waals surface area contributed by atoms with Crippen LogP contribution in [0.1, 0.15) is 99.2 Å². The fourth-order valence-corrected chi connectivity index (χ4v) is 9.46. The predicted octanol–water partition coefficient (Wildman–Crippen LogP) is 3.79. The standard InChI is InChI=1S/C53H61F5N6O14/c1-6-53(72)32-21-38-47-30(24-64(38)51(70)31(32)25-77-52(53)71)43-36(8-7-29-27(4)33(54)23-37(62-47)42(29)43)61-39(65)9-12-59-49(68)28(5)60-50(69)46(26(2)3)63-40(66)10-13-73-15-17-75-19-20-76-18-16-74-14-11-41(67)78-48-44(57)34(55)22-35(56)45(48)58/h21-23,26,28,36,46,72H,6-20,24-25H2,1-5H3,(H,59,68)(H,60,69)(H,61,65)(H,63,66)/t28-,36?,46-,53?/m0/s1. The second kappa shape index (κ2) is 25.7. The van der Waals surface area contributed by atoms with Gasteiger partial charge in [-0.3, -0.25) is 28.8 Å². The van der Waals surface area contributed by atoms with E-state index in [1.54, 1.807) is 33.8 Å². The van der Waals surface area contributed by atoms with E-state index < -0.39 is 106 Å². The average molecular weight is 1100 g/mol. The number of hydrogen-bond acceptors (Lipinski definition) is 15. The van der Waals surface area contributed by atoms with Crippen molar-refractivity contribution in [3.8, 4) is 17.1 Å². The number of aromatic nitrogens is 2. The predicted molar refractivity (Wildman–Crippen MR) is 265 cm³/mol. The first-order chi connectivity index (χ1) is 37.2. The van der Waals surface area contributed by atoms with E-state index in [2.05, 4.69) is 26.0 Å². The Bertz CT molecular complexity index is 3020. The number of rotatable bonds is 26. The lowest BCUT2D eigenvalue weighted by atomic mass is 9.81. The number of aliphatic hydroxyl groups is 1. The van der Waals surface area contributed by atoms with Crippen molar-refractivity contribution in [1.29, 1.82) is 0 Å². The lowest BCUT2D eigenvalue weighted by Gasteiger charge is -2.31. The topological polar surface area (TPSA) is 261 Å². The second-order valence-electron chi connectivity index (χ2n) is 19.3. The minimum atomic E-state index is -2.05. The van der Waals surface area contributed by atoms with E-state index in [-0.39, 0.29) is 115 Å². The van der Waals surface area contributed by atoms with Crippen LogP contribution in [0.3, 0.4) is 0 Å². The third-order valence-corrected chi connectivity index (χ3v) is 13.7. The number of cyclic esters (lactones) is 1. The van der Waals surface area contributed by atoms with E-state index in [0.717, 1.165) is 5.56 Å². The number of nitrogens with zero attached hydrogens (tertiary/aromatic N) is 2. The van der Waals surface area contributed by atoms with Gasteiger partial charge in [0.1, 0.15) is 24.5 Å². The van der Waals surface area contributed by atoms with Crippen LogP contribution in [0.15, 0.2) is 23.0 Å². The zero-order valence-corrected chi connectivity index (χ0v) is 43.6. The molecule has 4 aromatic rings. The quantitative estimate of drug-likeness (QED) is 0.0174. The molecule has 3 aliphatic rings. The van der Waals surface area contributed by atoms with Crippen molar-refractivity contribution < 1.29 is 84.2 Å². The smallest absolute Gasteiger partial charge is 0.343 e. The Balaban J connectivity index is 0.796. The van der Waals surface area contributed by atoms with Crippen LogP contribution in [0.25, 0.3) is 22.3 Å². The highest BCUT2D eigenvalue weighted by Crippen LogP contribution is 2.46. The number of nitrogens with one attached hydrogen (secondary N) is 4. The Hall–Kier alpha value is -6.93. The molecule has 2 aromatic carbocycles. The van der Waals surface area contributed by atoms with Crippen molar-refractivity contribution in [2.45, 2.75) is 110 Å². The summed E-state index contributed by atoms with van der Waals surface area (Å²) in [6, 6.07) is 0.254. The maximum atomic E-state index is 15.4. The number of benzene rings is 2. The molecular formula is C53H61F5N6O14. The Morgan fingerprint density at radius 3 is 2.05 bits per heavy atom. The van der Waals surface area contributed by atoms with Crippen LogP contribution < -0.4 is 31.6 Å². The third kappa shape index (κ3) is 13.0. The molecule has 2 unspecified atom stereocenters. The van der Waals surface area contributed by atoms with Crippen LogP contribution in [0.4, 0.5) is 22.0 Å². The number of ether oxygens (including phenoxy) is 6. The van der Waals surface area contributed by atoms with Gasteiger partial charge >= 0.3 is 11.9 Å². The molecule has 25 heteroatoms. The molecule has 4 atom stereocenters. The lowest BCUT2D eigenvalue weighted by molar-refractivity contribution is -0.172. The van der Waals surface area contributed by atoms with Crippen molar-refractivity contribution in [2.75, 3.05) is 59.4 Å². The molecule has 422 valence electrons. The van der Waals surface area contributed by atoms with Crippen LogP contribution in [0, 0.1) is 41.9 Å². The monoisotopic (exact) mass is 1100 g/mol. The maximum absolute atomic E-state index is 15.4. The number of aryl methyl sites for hydroxylation is 1. The summed E-state index contributed by atoms with van der Waals surface area (Å²) in [6.45, 7) is 8.47. The Morgan fingerprint density at radius 2 is 1.42 bits per heavy atom. The average Bonchev–Trinajstić information content (AvgIpc) is 3.98. The Kier molecular flexibility index (Phi) is 19.3. The molecule has 2 aromatic heterocycles. The molecule has 0 radical (unpaired) electrons. The summed E-state index contributed by atoms with van der Waals surface area (Å²) in [7, 11) is 0. The number of carbonyl (C=O) groups excluding carboxylic acids is 6. The molecule has 78 heavy (non-hydrogen) atoms. The van der Waals surface area contributed by atoms with E-state index in [0.29, 0.717) is 51.8 Å². The summed E-state index contributed by atoms with van der Waals surface area (Å²) >= 11 is 0. The summed E-state index contributed by atoms with van der Waals surface area (Å²) in [5, 5.41) is 23.0. The van der Waals surface area contributed by atoms with Gasteiger partial charge in [-0.05, 0) is 61.8 Å². The van der Waals surface area contributed by atoms with E-state index in [1.165, 1.54) is 17.6 Å². The van der Waals surface area contributed by atoms with E-state index in [9.17, 15) is 56.2 Å². The summed E-state index contributed by atoms with van der Waals surface area (Å²) in [6.07, 6.45) is 0.0791. The first-order valence-corrected chi connectivity index (χ1v) is 25.5. The zero-order chi connectivity index (χ0) is 56.6. The highest BCUT2D eigenvalue weighted by atomic mass is 19.2. The van der Waals surface area contributed by atoms with Crippen molar-refractivity contribution in [1.82, 2.24) is 30.8 Å². The van der Waals surface area contributed by atoms with Gasteiger partial charge in [0.05, 0.1) is 94.3 Å². The SMILES string of the molecule is CCC1(O)C(=O)OCc2c1cc1n(c2=O)Cc2c-1nc1cc(F)c(C)c3c1c2C(NC(=O)CCNC(=O)[C@H](C)NC(=O)[C@@H](NC(=O)CCOCCOCCOCCOCCC(=O)Oc1c(F)c(F)cc(F)c1F)C(C)C)CC3. The highest BCUT2D eigenvalue weighted by molar-refractivity contribution is 5.95. The fraction of sp³-hybridized carbons (Fsp3) is 0.509. The number of carbonyl (C=O) groups is 6. The summed E-state index contributed by atoms with van der Waals surface area (Å²) in [5.41, 5.74) is 1.27. The van der Waals surface area contributed by atoms with Crippen LogP contribution >= 0.6 is 0 Å². The number of esters is 2. The van der Waals surface area contributed by atoms with Crippen molar-refractivity contribution in [3.05, 3.63) is 91.0 Å². The summed E-state index contributed by atoms with van der Waals surface area (Å²) < 4.78 is 102. The summed E-state index contributed by atoms with van der Waals surface area (Å²) in [5.74, 6) is -13.5. The van der Waals surface area contributed by atoms with Crippen molar-refractivity contribution in [3.63, 3.8) is 0 Å². The maximum Gasteiger partial charge on any atom is 0.343 e. The van der Waals surface area contributed by atoms with E-state index in [4.69, 9.17) is 28.7 Å². The third-order valence-electron chi connectivity index (χ3n) is 13.7. The first-order valence-electron chi connectivity index (χ1n) is 25.5. The van der Waals surface area contributed by atoms with Crippen LogP contribution in [0.5, 0.6) is 5.75 Å². The molecule has 2 aliphatic heterocycles. The van der Waals surface area contributed by atoms with Gasteiger partial charge in [0.15, 0.2) is 17.2 Å². The molecule has 4 amide bonds. The molecule has 0 fully saturated rings. The molecule has 7 rings (SSSR count). The van der Waals surface area contributed by atoms with Gasteiger partial charge in [-0.15, -0.1) is 0 Å². The molecule has 0 spiro atoms. The minimum absolute atomic E-state index is 0.00962. The van der Waals surface area contributed by atoms with E-state index >= 15 is 4.39 Å². The molecule has 0 bridgehead atoms. The highest BCUT2D eigenvalue weighted by Gasteiger charge is 2.46. The minimum Gasteiger partial charge on any atom is -0.458 e. The van der Waals surface area contributed by atoms with Gasteiger partial charge in [0.2, 0.25) is 41.0 Å². The molecule has 5 N–H and O–H groups in total. The normalized spacial score (nSPS) is 16.9. The number of fused-ring (bicyclic) bond motifs is 5. The van der Waals surface area contributed by atoms with Crippen LogP contribution in [-0.4, -0.2) is 122 Å². The van der Waals surface area contributed by atoms with Gasteiger partial charge in [0.25, 0.3) is 5.56 Å². The van der Waals surface area contributed by atoms with Crippen LogP contribution in [-0.2, 0) is 77.6 Å². The van der Waals surface area contributed by atoms with Gasteiger partial charge in [-0.25, -0.2) is 22.9 Å². The van der Waals surface area contributed by atoms with Crippen LogP contribution in [0.2, 0.25) is 0 Å².